The van der Waals surface area contributed by atoms with Crippen LogP contribution in [0.3, 0.4) is 0 Å². The molecule has 7 nitrogen and oxygen atoms in total. The normalized spacial score (nSPS) is 13.8. The van der Waals surface area contributed by atoms with Crippen LogP contribution in [0.2, 0.25) is 0 Å². The number of fused-ring (bicyclic) bond motifs is 1. The van der Waals surface area contributed by atoms with Crippen LogP contribution < -0.4 is 16.4 Å². The molecule has 0 bridgehead atoms. The largest absolute Gasteiger partial charge is 0.365 e. The molecule has 8 heteroatoms. The van der Waals surface area contributed by atoms with Crippen molar-refractivity contribution in [3.05, 3.63) is 45.8 Å². The minimum Gasteiger partial charge on any atom is -0.365 e. The molecule has 0 spiro atoms. The van der Waals surface area contributed by atoms with E-state index in [2.05, 4.69) is 10.6 Å². The molecule has 29 heavy (non-hydrogen) atoms. The van der Waals surface area contributed by atoms with Crippen molar-refractivity contribution < 1.29 is 14.4 Å². The van der Waals surface area contributed by atoms with Crippen LogP contribution in [0.4, 0.5) is 10.7 Å². The predicted octanol–water partition coefficient (Wildman–Crippen LogP) is 2.54. The highest BCUT2D eigenvalue weighted by molar-refractivity contribution is 7.17. The number of hydrogen-bond donors (Lipinski definition) is 3. The molecule has 1 unspecified atom stereocenters. The van der Waals surface area contributed by atoms with Crippen molar-refractivity contribution >= 4 is 39.7 Å². The Morgan fingerprint density at radius 2 is 1.86 bits per heavy atom. The topological polar surface area (TPSA) is 105 Å². The van der Waals surface area contributed by atoms with Crippen LogP contribution in [0.25, 0.3) is 0 Å². The number of carbonyl (C=O) groups is 3. The van der Waals surface area contributed by atoms with E-state index in [-0.39, 0.29) is 18.4 Å². The number of primary amides is 1. The summed E-state index contributed by atoms with van der Waals surface area (Å²) in [6, 6.07) is 6.96. The molecule has 1 aliphatic rings. The Kier molecular flexibility index (Phi) is 6.34. The van der Waals surface area contributed by atoms with Gasteiger partial charge in [0.25, 0.3) is 5.91 Å². The molecular weight excluding hydrogens is 388 g/mol. The summed E-state index contributed by atoms with van der Waals surface area (Å²) in [6.45, 7) is 3.76. The molecule has 1 heterocycles. The highest BCUT2D eigenvalue weighted by atomic mass is 32.1. The third-order valence-corrected chi connectivity index (χ3v) is 6.38. The summed E-state index contributed by atoms with van der Waals surface area (Å²) >= 11 is 1.42. The molecule has 0 aliphatic heterocycles. The van der Waals surface area contributed by atoms with E-state index in [1.165, 1.54) is 11.3 Å². The van der Waals surface area contributed by atoms with Gasteiger partial charge in [0.15, 0.2) is 0 Å². The Morgan fingerprint density at radius 1 is 1.17 bits per heavy atom. The van der Waals surface area contributed by atoms with Gasteiger partial charge in [0.2, 0.25) is 11.8 Å². The molecule has 3 rings (SSSR count). The third-order valence-electron chi connectivity index (χ3n) is 5.17. The lowest BCUT2D eigenvalue weighted by atomic mass is 10.1. The minimum absolute atomic E-state index is 0.0616. The zero-order valence-corrected chi connectivity index (χ0v) is 17.7. The number of aryl methyl sites for hydroxylation is 2. The van der Waals surface area contributed by atoms with Crippen LogP contribution in [0.5, 0.6) is 0 Å². The number of amides is 3. The zero-order chi connectivity index (χ0) is 21.1. The van der Waals surface area contributed by atoms with Gasteiger partial charge in [0.05, 0.1) is 18.2 Å². The fourth-order valence-electron chi connectivity index (χ4n) is 3.37. The van der Waals surface area contributed by atoms with Gasteiger partial charge in [-0.15, -0.1) is 11.3 Å². The zero-order valence-electron chi connectivity index (χ0n) is 16.9. The Balaban J connectivity index is 1.60. The van der Waals surface area contributed by atoms with Crippen LogP contribution in [0.1, 0.15) is 39.7 Å². The van der Waals surface area contributed by atoms with E-state index >= 15 is 0 Å². The lowest BCUT2D eigenvalue weighted by molar-refractivity contribution is -0.122. The highest BCUT2D eigenvalue weighted by Gasteiger charge is 2.28. The number of hydrogen-bond acceptors (Lipinski definition) is 5. The van der Waals surface area contributed by atoms with Crippen LogP contribution in [0.15, 0.2) is 24.3 Å². The molecule has 4 N–H and O–H groups in total. The molecule has 0 fully saturated rings. The summed E-state index contributed by atoms with van der Waals surface area (Å²) in [7, 11) is 1.71. The molecule has 0 saturated carbocycles. The standard InChI is InChI=1S/C21H26N4O3S/c1-12-7-9-14(10-8-12)23-17(26)11-25(3)13(2)20(28)24-21-18(19(22)27)15-5-4-6-16(15)29-21/h7-10,13H,4-6,11H2,1-3H3,(H2,22,27)(H,23,26)(H,24,28). The molecule has 3 amide bonds. The molecule has 1 aliphatic carbocycles. The van der Waals surface area contributed by atoms with Crippen LogP contribution in [-0.2, 0) is 22.4 Å². The molecule has 0 radical (unpaired) electrons. The van der Waals surface area contributed by atoms with Crippen molar-refractivity contribution in [3.63, 3.8) is 0 Å². The number of nitrogens with two attached hydrogens (primary N) is 1. The maximum atomic E-state index is 12.7. The summed E-state index contributed by atoms with van der Waals surface area (Å²) < 4.78 is 0. The number of likely N-dealkylation sites (N-methyl/N-ethyl adjacent to an activating group) is 1. The summed E-state index contributed by atoms with van der Waals surface area (Å²) in [4.78, 5) is 39.6. The Morgan fingerprint density at radius 3 is 2.52 bits per heavy atom. The van der Waals surface area contributed by atoms with E-state index < -0.39 is 11.9 Å². The number of carbonyl (C=O) groups excluding carboxylic acids is 3. The van der Waals surface area contributed by atoms with E-state index in [0.717, 1.165) is 35.3 Å². The minimum atomic E-state index is -0.559. The smallest absolute Gasteiger partial charge is 0.251 e. The molecule has 1 atom stereocenters. The van der Waals surface area contributed by atoms with Gasteiger partial charge in [-0.3, -0.25) is 19.3 Å². The van der Waals surface area contributed by atoms with Crippen molar-refractivity contribution in [2.24, 2.45) is 5.73 Å². The molecule has 2 aromatic rings. The number of benzene rings is 1. The average molecular weight is 415 g/mol. The van der Waals surface area contributed by atoms with Crippen molar-refractivity contribution in [2.75, 3.05) is 24.2 Å². The lowest BCUT2D eigenvalue weighted by Crippen LogP contribution is -2.43. The SMILES string of the molecule is Cc1ccc(NC(=O)CN(C)C(C)C(=O)Nc2sc3c(c2C(N)=O)CCC3)cc1. The van der Waals surface area contributed by atoms with Crippen LogP contribution in [0, 0.1) is 6.92 Å². The van der Waals surface area contributed by atoms with Crippen molar-refractivity contribution in [2.45, 2.75) is 39.2 Å². The maximum absolute atomic E-state index is 12.7. The van der Waals surface area contributed by atoms with Gasteiger partial charge in [-0.2, -0.15) is 0 Å². The van der Waals surface area contributed by atoms with Gasteiger partial charge in [-0.1, -0.05) is 17.7 Å². The van der Waals surface area contributed by atoms with Gasteiger partial charge in [0, 0.05) is 10.6 Å². The Labute approximate surface area is 174 Å². The average Bonchev–Trinajstić information content (AvgIpc) is 3.23. The van der Waals surface area contributed by atoms with Crippen LogP contribution >= 0.6 is 11.3 Å². The summed E-state index contributed by atoms with van der Waals surface area (Å²) in [5.41, 5.74) is 8.77. The van der Waals surface area contributed by atoms with Gasteiger partial charge in [-0.05, 0) is 57.9 Å². The first-order valence-electron chi connectivity index (χ1n) is 9.58. The number of nitrogens with zero attached hydrogens (tertiary/aromatic N) is 1. The van der Waals surface area contributed by atoms with E-state index in [1.54, 1.807) is 18.9 Å². The van der Waals surface area contributed by atoms with Gasteiger partial charge in [-0.25, -0.2) is 0 Å². The molecule has 1 aromatic carbocycles. The number of nitrogens with one attached hydrogen (secondary N) is 2. The van der Waals surface area contributed by atoms with Gasteiger partial charge >= 0.3 is 0 Å². The molecular formula is C21H26N4O3S. The first-order chi connectivity index (χ1) is 13.8. The first kappa shape index (κ1) is 21.0. The summed E-state index contributed by atoms with van der Waals surface area (Å²) in [5, 5.41) is 6.17. The van der Waals surface area contributed by atoms with E-state index in [1.807, 2.05) is 31.2 Å². The summed E-state index contributed by atoms with van der Waals surface area (Å²) in [6.07, 6.45) is 2.73. The molecule has 0 saturated heterocycles. The Bertz CT molecular complexity index is 936. The first-order valence-corrected chi connectivity index (χ1v) is 10.4. The second-order valence-electron chi connectivity index (χ2n) is 7.42. The van der Waals surface area contributed by atoms with Crippen molar-refractivity contribution in [1.29, 1.82) is 0 Å². The quantitative estimate of drug-likeness (QED) is 0.647. The van der Waals surface area contributed by atoms with E-state index in [0.29, 0.717) is 16.3 Å². The number of rotatable bonds is 7. The van der Waals surface area contributed by atoms with Gasteiger partial charge < -0.3 is 16.4 Å². The summed E-state index contributed by atoms with van der Waals surface area (Å²) in [5.74, 6) is -1.000. The number of thiophene rings is 1. The van der Waals surface area contributed by atoms with Crippen LogP contribution in [-0.4, -0.2) is 42.3 Å². The predicted molar refractivity (Wildman–Crippen MR) is 115 cm³/mol. The highest BCUT2D eigenvalue weighted by Crippen LogP contribution is 2.38. The molecule has 154 valence electrons. The maximum Gasteiger partial charge on any atom is 0.251 e. The van der Waals surface area contributed by atoms with Crippen molar-refractivity contribution in [3.8, 4) is 0 Å². The van der Waals surface area contributed by atoms with E-state index in [9.17, 15) is 14.4 Å². The lowest BCUT2D eigenvalue weighted by Gasteiger charge is -2.23. The fraction of sp³-hybridized carbons (Fsp3) is 0.381. The van der Waals surface area contributed by atoms with E-state index in [4.69, 9.17) is 5.73 Å². The number of anilines is 2. The second-order valence-corrected chi connectivity index (χ2v) is 8.53. The Hall–Kier alpha value is -2.71. The van der Waals surface area contributed by atoms with Crippen molar-refractivity contribution in [1.82, 2.24) is 4.90 Å². The fourth-order valence-corrected chi connectivity index (χ4v) is 4.67. The van der Waals surface area contributed by atoms with Gasteiger partial charge in [0.1, 0.15) is 5.00 Å². The second kappa shape index (κ2) is 8.75. The third kappa shape index (κ3) is 4.83. The monoisotopic (exact) mass is 414 g/mol. The molecule has 1 aromatic heterocycles.